The summed E-state index contributed by atoms with van der Waals surface area (Å²) in [6, 6.07) is 0.607. The van der Waals surface area contributed by atoms with Crippen LogP contribution >= 0.6 is 0 Å². The normalized spacial score (nSPS) is 26.4. The van der Waals surface area contributed by atoms with Crippen LogP contribution in [-0.2, 0) is 9.59 Å². The van der Waals surface area contributed by atoms with Crippen LogP contribution in [0.15, 0.2) is 0 Å². The third-order valence-corrected chi connectivity index (χ3v) is 3.44. The van der Waals surface area contributed by atoms with Gasteiger partial charge in [0.15, 0.2) is 0 Å². The molecule has 0 aromatic rings. The molecule has 1 aliphatic carbocycles. The van der Waals surface area contributed by atoms with E-state index in [0.29, 0.717) is 12.5 Å². The topological polar surface area (TPSA) is 92.4 Å². The van der Waals surface area contributed by atoms with Crippen molar-refractivity contribution in [3.8, 4) is 0 Å². The highest BCUT2D eigenvalue weighted by molar-refractivity contribution is 5.76. The Morgan fingerprint density at radius 3 is 2.41 bits per heavy atom. The second-order valence-electron chi connectivity index (χ2n) is 4.95. The molecule has 5 heteroatoms. The summed E-state index contributed by atoms with van der Waals surface area (Å²) in [5.74, 6) is -0.916. The van der Waals surface area contributed by atoms with E-state index >= 15 is 0 Å². The molecular weight excluding hydrogens is 220 g/mol. The number of carboxylic acids is 1. The highest BCUT2D eigenvalue weighted by atomic mass is 16.4. The molecule has 1 atom stereocenters. The summed E-state index contributed by atoms with van der Waals surface area (Å²) in [5.41, 5.74) is 5.27. The Labute approximate surface area is 102 Å². The van der Waals surface area contributed by atoms with Gasteiger partial charge in [0.2, 0.25) is 5.91 Å². The molecule has 4 N–H and O–H groups in total. The average molecular weight is 242 g/mol. The number of aliphatic carboxylic acids is 1. The van der Waals surface area contributed by atoms with E-state index in [-0.39, 0.29) is 24.3 Å². The second-order valence-corrected chi connectivity index (χ2v) is 4.95. The molecule has 0 spiro atoms. The van der Waals surface area contributed by atoms with Crippen LogP contribution in [0.25, 0.3) is 0 Å². The van der Waals surface area contributed by atoms with Crippen molar-refractivity contribution in [3.05, 3.63) is 0 Å². The minimum atomic E-state index is -0.754. The Balaban J connectivity index is 2.21. The molecule has 98 valence electrons. The van der Waals surface area contributed by atoms with Crippen molar-refractivity contribution in [1.82, 2.24) is 5.32 Å². The van der Waals surface area contributed by atoms with Crippen molar-refractivity contribution in [2.24, 2.45) is 11.7 Å². The largest absolute Gasteiger partial charge is 0.481 e. The molecule has 5 nitrogen and oxygen atoms in total. The van der Waals surface area contributed by atoms with Gasteiger partial charge in [0.1, 0.15) is 0 Å². The number of carboxylic acid groups (broad SMARTS) is 1. The maximum Gasteiger partial charge on any atom is 0.303 e. The smallest absolute Gasteiger partial charge is 0.303 e. The van der Waals surface area contributed by atoms with Gasteiger partial charge in [0, 0.05) is 24.4 Å². The van der Waals surface area contributed by atoms with Gasteiger partial charge in [-0.05, 0) is 39.0 Å². The van der Waals surface area contributed by atoms with Gasteiger partial charge in [-0.1, -0.05) is 0 Å². The summed E-state index contributed by atoms with van der Waals surface area (Å²) < 4.78 is 0. The van der Waals surface area contributed by atoms with E-state index in [1.165, 1.54) is 0 Å². The van der Waals surface area contributed by atoms with Crippen molar-refractivity contribution in [1.29, 1.82) is 0 Å². The molecule has 1 amide bonds. The number of carbonyl (C=O) groups excluding carboxylic acids is 1. The van der Waals surface area contributed by atoms with E-state index in [1.54, 1.807) is 0 Å². The van der Waals surface area contributed by atoms with E-state index < -0.39 is 5.97 Å². The molecule has 0 saturated heterocycles. The highest BCUT2D eigenvalue weighted by Crippen LogP contribution is 2.24. The van der Waals surface area contributed by atoms with Gasteiger partial charge in [0.25, 0.3) is 0 Å². The Hall–Kier alpha value is -1.10. The fourth-order valence-corrected chi connectivity index (χ4v) is 2.37. The van der Waals surface area contributed by atoms with Gasteiger partial charge in [0.05, 0.1) is 0 Å². The molecule has 0 radical (unpaired) electrons. The van der Waals surface area contributed by atoms with Crippen LogP contribution in [0.4, 0.5) is 0 Å². The Morgan fingerprint density at radius 2 is 1.94 bits per heavy atom. The predicted octanol–water partition coefficient (Wildman–Crippen LogP) is 0.873. The number of primary amides is 1. The maximum absolute atomic E-state index is 11.0. The molecule has 0 bridgehead atoms. The van der Waals surface area contributed by atoms with Gasteiger partial charge >= 0.3 is 5.97 Å². The van der Waals surface area contributed by atoms with E-state index in [4.69, 9.17) is 10.8 Å². The first kappa shape index (κ1) is 14.0. The van der Waals surface area contributed by atoms with E-state index in [1.807, 2.05) is 6.92 Å². The van der Waals surface area contributed by atoms with Crippen LogP contribution < -0.4 is 11.1 Å². The maximum atomic E-state index is 11.0. The molecule has 1 rings (SSSR count). The van der Waals surface area contributed by atoms with Crippen molar-refractivity contribution in [2.75, 3.05) is 0 Å². The molecule has 17 heavy (non-hydrogen) atoms. The standard InChI is InChI=1S/C12H22N2O3/c1-8(2-7-11(15)16)14-10-5-3-9(4-6-10)12(13)17/h8-10,14H,2-7H2,1H3,(H2,13,17)(H,15,16). The molecular formula is C12H22N2O3. The quantitative estimate of drug-likeness (QED) is 0.644. The summed E-state index contributed by atoms with van der Waals surface area (Å²) in [6.07, 6.45) is 4.43. The van der Waals surface area contributed by atoms with Crippen LogP contribution in [-0.4, -0.2) is 29.1 Å². The first-order valence-electron chi connectivity index (χ1n) is 6.26. The van der Waals surface area contributed by atoms with Crippen molar-refractivity contribution in [2.45, 2.75) is 57.5 Å². The first-order chi connectivity index (χ1) is 7.99. The van der Waals surface area contributed by atoms with E-state index in [0.717, 1.165) is 25.7 Å². The molecule has 1 saturated carbocycles. The number of nitrogens with two attached hydrogens (primary N) is 1. The highest BCUT2D eigenvalue weighted by Gasteiger charge is 2.25. The fraction of sp³-hybridized carbons (Fsp3) is 0.833. The van der Waals surface area contributed by atoms with Crippen molar-refractivity contribution >= 4 is 11.9 Å². The monoisotopic (exact) mass is 242 g/mol. The van der Waals surface area contributed by atoms with Crippen LogP contribution in [0.5, 0.6) is 0 Å². The summed E-state index contributed by atoms with van der Waals surface area (Å²) in [5, 5.41) is 12.0. The number of amides is 1. The molecule has 0 aromatic heterocycles. The number of carbonyl (C=O) groups is 2. The van der Waals surface area contributed by atoms with Crippen LogP contribution in [0.2, 0.25) is 0 Å². The molecule has 0 heterocycles. The third kappa shape index (κ3) is 5.17. The number of nitrogens with one attached hydrogen (secondary N) is 1. The van der Waals surface area contributed by atoms with Crippen LogP contribution in [0.1, 0.15) is 45.4 Å². The molecule has 0 aromatic carbocycles. The first-order valence-corrected chi connectivity index (χ1v) is 6.26. The molecule has 1 aliphatic rings. The summed E-state index contributed by atoms with van der Waals surface area (Å²) in [4.78, 5) is 21.4. The zero-order valence-corrected chi connectivity index (χ0v) is 10.3. The number of rotatable bonds is 6. The fourth-order valence-electron chi connectivity index (χ4n) is 2.37. The minimum Gasteiger partial charge on any atom is -0.481 e. The Bertz CT molecular complexity index is 273. The van der Waals surface area contributed by atoms with Crippen LogP contribution in [0, 0.1) is 5.92 Å². The number of hydrogen-bond donors (Lipinski definition) is 3. The lowest BCUT2D eigenvalue weighted by molar-refractivity contribution is -0.137. The van der Waals surface area contributed by atoms with Gasteiger partial charge < -0.3 is 16.2 Å². The molecule has 1 fully saturated rings. The molecule has 1 unspecified atom stereocenters. The molecule has 0 aliphatic heterocycles. The lowest BCUT2D eigenvalue weighted by atomic mass is 9.85. The van der Waals surface area contributed by atoms with Crippen molar-refractivity contribution < 1.29 is 14.7 Å². The predicted molar refractivity (Wildman–Crippen MR) is 64.4 cm³/mol. The van der Waals surface area contributed by atoms with Crippen LogP contribution in [0.3, 0.4) is 0 Å². The third-order valence-electron chi connectivity index (χ3n) is 3.44. The Kier molecular flexibility index (Phi) is 5.41. The van der Waals surface area contributed by atoms with Gasteiger partial charge in [-0.2, -0.15) is 0 Å². The van der Waals surface area contributed by atoms with Gasteiger partial charge in [-0.25, -0.2) is 0 Å². The zero-order chi connectivity index (χ0) is 12.8. The summed E-state index contributed by atoms with van der Waals surface area (Å²) in [6.45, 7) is 2.00. The average Bonchev–Trinajstić information content (AvgIpc) is 2.27. The summed E-state index contributed by atoms with van der Waals surface area (Å²) in [7, 11) is 0. The lowest BCUT2D eigenvalue weighted by Crippen LogP contribution is -2.41. The lowest BCUT2D eigenvalue weighted by Gasteiger charge is -2.29. The SMILES string of the molecule is CC(CCC(=O)O)NC1CCC(C(N)=O)CC1. The zero-order valence-electron chi connectivity index (χ0n) is 10.3. The number of hydrogen-bond acceptors (Lipinski definition) is 3. The van der Waals surface area contributed by atoms with Gasteiger partial charge in [-0.15, -0.1) is 0 Å². The summed E-state index contributed by atoms with van der Waals surface area (Å²) >= 11 is 0. The van der Waals surface area contributed by atoms with E-state index in [9.17, 15) is 9.59 Å². The second kappa shape index (κ2) is 6.59. The van der Waals surface area contributed by atoms with Crippen molar-refractivity contribution in [3.63, 3.8) is 0 Å². The van der Waals surface area contributed by atoms with Gasteiger partial charge in [-0.3, -0.25) is 9.59 Å². The Morgan fingerprint density at radius 1 is 1.35 bits per heavy atom. The van der Waals surface area contributed by atoms with E-state index in [2.05, 4.69) is 5.32 Å². The minimum absolute atomic E-state index is 0.0300.